The summed E-state index contributed by atoms with van der Waals surface area (Å²) < 4.78 is 9.65. The number of benzene rings is 1. The summed E-state index contributed by atoms with van der Waals surface area (Å²) in [6, 6.07) is 10.3. The number of fused-ring (bicyclic) bond motifs is 1. The second kappa shape index (κ2) is 9.43. The number of imidazole rings is 1. The van der Waals surface area contributed by atoms with Gasteiger partial charge in [-0.1, -0.05) is 12.1 Å². The molecule has 204 valence electrons. The topological polar surface area (TPSA) is 104 Å². The number of carbonyl (C=O) groups is 1. The Morgan fingerprint density at radius 3 is 2.41 bits per heavy atom. The van der Waals surface area contributed by atoms with Crippen molar-refractivity contribution >= 4 is 17.1 Å². The molecule has 0 N–H and O–H groups in total. The number of amides is 1. The molecule has 1 aromatic carbocycles. The van der Waals surface area contributed by atoms with E-state index >= 15 is 0 Å². The molecule has 2 atom stereocenters. The fourth-order valence-electron chi connectivity index (χ4n) is 5.69. The number of aryl methyl sites for hydroxylation is 3. The minimum absolute atomic E-state index is 0.178. The highest BCUT2D eigenvalue weighted by atomic mass is 16.6. The Bertz CT molecular complexity index is 1540. The molecule has 0 bridgehead atoms. The summed E-state index contributed by atoms with van der Waals surface area (Å²) in [6.45, 7) is 10.8. The van der Waals surface area contributed by atoms with Crippen LogP contribution >= 0.6 is 0 Å². The van der Waals surface area contributed by atoms with Gasteiger partial charge >= 0.3 is 6.09 Å². The summed E-state index contributed by atoms with van der Waals surface area (Å²) in [5, 5.41) is 4.73. The van der Waals surface area contributed by atoms with Gasteiger partial charge in [0.15, 0.2) is 5.82 Å². The molecule has 1 amide bonds. The van der Waals surface area contributed by atoms with E-state index in [1.807, 2.05) is 45.4 Å². The summed E-state index contributed by atoms with van der Waals surface area (Å²) in [5.41, 5.74) is 2.70. The summed E-state index contributed by atoms with van der Waals surface area (Å²) in [6.07, 6.45) is 2.35. The first kappa shape index (κ1) is 25.5. The summed E-state index contributed by atoms with van der Waals surface area (Å²) in [7, 11) is 2.09. The second-order valence-corrected chi connectivity index (χ2v) is 11.8. The van der Waals surface area contributed by atoms with Gasteiger partial charge < -0.3 is 14.2 Å². The Kier molecular flexibility index (Phi) is 6.15. The molecule has 0 spiro atoms. The molecule has 4 aromatic rings. The number of para-hydroxylation sites is 2. The predicted octanol–water partition coefficient (Wildman–Crippen LogP) is 4.95. The van der Waals surface area contributed by atoms with E-state index in [9.17, 15) is 4.79 Å². The minimum atomic E-state index is -0.502. The van der Waals surface area contributed by atoms with E-state index < -0.39 is 5.60 Å². The monoisotopic (exact) mass is 528 g/mol. The zero-order chi connectivity index (χ0) is 27.5. The van der Waals surface area contributed by atoms with Crippen molar-refractivity contribution in [2.75, 3.05) is 13.1 Å². The van der Waals surface area contributed by atoms with Gasteiger partial charge in [0, 0.05) is 44.0 Å². The van der Waals surface area contributed by atoms with E-state index in [1.165, 1.54) is 0 Å². The van der Waals surface area contributed by atoms with Crippen molar-refractivity contribution in [2.24, 2.45) is 7.05 Å². The molecule has 3 aromatic heterocycles. The lowest BCUT2D eigenvalue weighted by Gasteiger charge is -2.33. The Balaban J connectivity index is 1.22. The fourth-order valence-corrected chi connectivity index (χ4v) is 5.69. The third-order valence-electron chi connectivity index (χ3n) is 7.63. The van der Waals surface area contributed by atoms with Gasteiger partial charge in [0.2, 0.25) is 0 Å². The highest BCUT2D eigenvalue weighted by Gasteiger charge is 2.44. The van der Waals surface area contributed by atoms with Crippen molar-refractivity contribution in [1.82, 2.24) is 39.2 Å². The average Bonchev–Trinajstić information content (AvgIpc) is 3.48. The van der Waals surface area contributed by atoms with Crippen LogP contribution in [-0.2, 0) is 11.8 Å². The number of hydrogen-bond acceptors (Lipinski definition) is 7. The van der Waals surface area contributed by atoms with Crippen molar-refractivity contribution in [3.8, 4) is 5.82 Å². The smallest absolute Gasteiger partial charge is 0.410 e. The Hall–Kier alpha value is -3.82. The maximum atomic E-state index is 12.5. The van der Waals surface area contributed by atoms with E-state index in [4.69, 9.17) is 29.8 Å². The van der Waals surface area contributed by atoms with Crippen LogP contribution in [0, 0.1) is 13.8 Å². The maximum Gasteiger partial charge on any atom is 0.410 e. The van der Waals surface area contributed by atoms with E-state index in [0.717, 1.165) is 59.3 Å². The first-order chi connectivity index (χ1) is 18.6. The van der Waals surface area contributed by atoms with Crippen molar-refractivity contribution in [2.45, 2.75) is 77.2 Å². The number of nitrogens with zero attached hydrogens (tertiary/aromatic N) is 8. The molecule has 0 radical (unpaired) electrons. The zero-order valence-corrected chi connectivity index (χ0v) is 23.5. The highest BCUT2D eigenvalue weighted by Crippen LogP contribution is 2.54. The normalized spacial score (nSPS) is 20.0. The quantitative estimate of drug-likeness (QED) is 0.369. The number of ether oxygens (including phenoxy) is 1. The summed E-state index contributed by atoms with van der Waals surface area (Å²) >= 11 is 0. The van der Waals surface area contributed by atoms with Gasteiger partial charge in [-0.2, -0.15) is 4.68 Å². The molecule has 4 heterocycles. The third kappa shape index (κ3) is 4.99. The SMILES string of the molecule is Cc1nc([C@H]2C[C@@H]2c2nc3ccccc3n2C)cc(-n2nc(C)nc2C2CCN(C(=O)OC(C)(C)C)CC2)n1. The molecule has 10 heteroatoms. The van der Waals surface area contributed by atoms with Gasteiger partial charge in [-0.15, -0.1) is 5.10 Å². The van der Waals surface area contributed by atoms with Gasteiger partial charge in [0.1, 0.15) is 28.9 Å². The lowest BCUT2D eigenvalue weighted by atomic mass is 9.96. The molecule has 6 rings (SSSR count). The second-order valence-electron chi connectivity index (χ2n) is 11.8. The molecular weight excluding hydrogens is 492 g/mol. The Morgan fingerprint density at radius 1 is 0.949 bits per heavy atom. The number of piperidine rings is 1. The van der Waals surface area contributed by atoms with Gasteiger partial charge in [-0.05, 0) is 66.0 Å². The molecule has 2 aliphatic rings. The van der Waals surface area contributed by atoms with Crippen molar-refractivity contribution in [3.05, 3.63) is 59.3 Å². The van der Waals surface area contributed by atoms with Crippen LogP contribution in [0.3, 0.4) is 0 Å². The van der Waals surface area contributed by atoms with Crippen LogP contribution in [0.5, 0.6) is 0 Å². The maximum absolute atomic E-state index is 12.5. The van der Waals surface area contributed by atoms with E-state index in [2.05, 4.69) is 35.9 Å². The van der Waals surface area contributed by atoms with Crippen LogP contribution in [0.2, 0.25) is 0 Å². The zero-order valence-electron chi connectivity index (χ0n) is 23.5. The van der Waals surface area contributed by atoms with Gasteiger partial charge in [0.25, 0.3) is 0 Å². The Morgan fingerprint density at radius 2 is 1.69 bits per heavy atom. The summed E-state index contributed by atoms with van der Waals surface area (Å²) in [5.74, 6) is 4.98. The van der Waals surface area contributed by atoms with Crippen molar-refractivity contribution < 1.29 is 9.53 Å². The largest absolute Gasteiger partial charge is 0.444 e. The van der Waals surface area contributed by atoms with Gasteiger partial charge in [-0.3, -0.25) is 0 Å². The Labute approximate surface area is 228 Å². The molecular formula is C29H36N8O2. The van der Waals surface area contributed by atoms with E-state index in [1.54, 1.807) is 4.90 Å². The van der Waals surface area contributed by atoms with E-state index in [0.29, 0.717) is 30.7 Å². The van der Waals surface area contributed by atoms with Crippen LogP contribution in [-0.4, -0.2) is 64.0 Å². The van der Waals surface area contributed by atoms with Gasteiger partial charge in [-0.25, -0.2) is 24.7 Å². The number of likely N-dealkylation sites (tertiary alicyclic amines) is 1. The molecule has 1 aliphatic heterocycles. The van der Waals surface area contributed by atoms with Crippen LogP contribution in [0.25, 0.3) is 16.9 Å². The average molecular weight is 529 g/mol. The number of rotatable bonds is 4. The highest BCUT2D eigenvalue weighted by molar-refractivity contribution is 5.76. The molecule has 39 heavy (non-hydrogen) atoms. The molecule has 10 nitrogen and oxygen atoms in total. The molecule has 1 saturated carbocycles. The minimum Gasteiger partial charge on any atom is -0.444 e. The first-order valence-electron chi connectivity index (χ1n) is 13.8. The number of hydrogen-bond donors (Lipinski definition) is 0. The van der Waals surface area contributed by atoms with Gasteiger partial charge in [0.05, 0.1) is 16.7 Å². The molecule has 2 fully saturated rings. The standard InChI is InChI=1S/C29H36N8O2/c1-17-30-23(20-15-21(20)27-33-22-9-7-8-10-24(22)35(27)6)16-25(31-17)37-26(32-18(2)34-37)19-11-13-36(14-12-19)28(38)39-29(3,4)5/h7-10,16,19-21H,11-15H2,1-6H3/t20-,21-/m0/s1. The van der Waals surface area contributed by atoms with Crippen LogP contribution in [0.4, 0.5) is 4.79 Å². The van der Waals surface area contributed by atoms with Crippen LogP contribution in [0.1, 0.15) is 86.8 Å². The van der Waals surface area contributed by atoms with Crippen molar-refractivity contribution in [3.63, 3.8) is 0 Å². The fraction of sp³-hybridized carbons (Fsp3) is 0.517. The number of aromatic nitrogens is 7. The van der Waals surface area contributed by atoms with E-state index in [-0.39, 0.29) is 12.0 Å². The number of carbonyl (C=O) groups excluding carboxylic acids is 1. The van der Waals surface area contributed by atoms with Crippen molar-refractivity contribution in [1.29, 1.82) is 0 Å². The summed E-state index contributed by atoms with van der Waals surface area (Å²) in [4.78, 5) is 33.6. The van der Waals surface area contributed by atoms with Crippen LogP contribution < -0.4 is 0 Å². The molecule has 1 aliphatic carbocycles. The first-order valence-corrected chi connectivity index (χ1v) is 13.8. The molecule has 0 unspecified atom stereocenters. The predicted molar refractivity (Wildman–Crippen MR) is 147 cm³/mol. The van der Waals surface area contributed by atoms with Crippen LogP contribution in [0.15, 0.2) is 30.3 Å². The lowest BCUT2D eigenvalue weighted by molar-refractivity contribution is 0.0202. The third-order valence-corrected chi connectivity index (χ3v) is 7.63. The molecule has 1 saturated heterocycles. The lowest BCUT2D eigenvalue weighted by Crippen LogP contribution is -2.41.